The highest BCUT2D eigenvalue weighted by Gasteiger charge is 2.07. The number of nitrogens with zero attached hydrogens (tertiary/aromatic N) is 3. The average Bonchev–Trinajstić information content (AvgIpc) is 2.29. The first-order chi connectivity index (χ1) is 8.15. The topological polar surface area (TPSA) is 104 Å². The fourth-order valence-corrected chi connectivity index (χ4v) is 1.19. The van der Waals surface area contributed by atoms with Crippen molar-refractivity contribution in [1.29, 1.82) is 0 Å². The van der Waals surface area contributed by atoms with Crippen LogP contribution >= 0.6 is 0 Å². The number of benzene rings is 1. The molecule has 0 aliphatic carbocycles. The van der Waals surface area contributed by atoms with E-state index in [0.717, 1.165) is 0 Å². The molecule has 2 rings (SSSR count). The molecule has 1 heterocycles. The van der Waals surface area contributed by atoms with Gasteiger partial charge in [0.15, 0.2) is 0 Å². The second-order valence-electron chi connectivity index (χ2n) is 3.11. The molecule has 0 unspecified atom stereocenters. The van der Waals surface area contributed by atoms with Gasteiger partial charge in [-0.3, -0.25) is 10.1 Å². The molecule has 1 aromatic carbocycles. The van der Waals surface area contributed by atoms with Crippen LogP contribution in [-0.2, 0) is 0 Å². The van der Waals surface area contributed by atoms with Crippen LogP contribution in [0.4, 0.5) is 11.6 Å². The van der Waals surface area contributed by atoms with Crippen LogP contribution in [0.15, 0.2) is 36.5 Å². The molecule has 0 radical (unpaired) electrons. The van der Waals surface area contributed by atoms with E-state index in [1.807, 2.05) is 0 Å². The number of ether oxygens (including phenoxy) is 1. The van der Waals surface area contributed by atoms with E-state index in [0.29, 0.717) is 5.75 Å². The summed E-state index contributed by atoms with van der Waals surface area (Å²) < 4.78 is 5.31. The molecule has 0 aliphatic rings. The number of hydrogen-bond donors (Lipinski definition) is 1. The van der Waals surface area contributed by atoms with Crippen LogP contribution in [0.25, 0.3) is 0 Å². The highest BCUT2D eigenvalue weighted by atomic mass is 16.6. The maximum absolute atomic E-state index is 10.6. The number of aromatic nitrogens is 2. The van der Waals surface area contributed by atoms with Gasteiger partial charge in [0.25, 0.3) is 5.69 Å². The molecular formula is C10H8N4O3. The monoisotopic (exact) mass is 232 g/mol. The molecule has 0 saturated carbocycles. The minimum Gasteiger partial charge on any atom is -0.439 e. The van der Waals surface area contributed by atoms with Crippen LogP contribution in [0, 0.1) is 10.1 Å². The van der Waals surface area contributed by atoms with Crippen molar-refractivity contribution in [2.75, 3.05) is 5.73 Å². The number of nitrogens with two attached hydrogens (primary N) is 1. The average molecular weight is 232 g/mol. The van der Waals surface area contributed by atoms with Gasteiger partial charge < -0.3 is 10.5 Å². The summed E-state index contributed by atoms with van der Waals surface area (Å²) in [6.07, 6.45) is 1.44. The van der Waals surface area contributed by atoms with Gasteiger partial charge >= 0.3 is 0 Å². The summed E-state index contributed by atoms with van der Waals surface area (Å²) in [5.74, 6) is 0.628. The predicted molar refractivity (Wildman–Crippen MR) is 59.6 cm³/mol. The molecule has 17 heavy (non-hydrogen) atoms. The summed E-state index contributed by atoms with van der Waals surface area (Å²) in [6, 6.07) is 7.30. The van der Waals surface area contributed by atoms with Gasteiger partial charge in [0.2, 0.25) is 11.8 Å². The van der Waals surface area contributed by atoms with E-state index in [2.05, 4.69) is 9.97 Å². The lowest BCUT2D eigenvalue weighted by molar-refractivity contribution is -0.384. The summed E-state index contributed by atoms with van der Waals surface area (Å²) in [7, 11) is 0. The standard InChI is InChI=1S/C10H8N4O3/c11-10-12-5-4-9(13-10)17-8-3-1-2-7(6-8)14(15)16/h1-6H,(H2,11,12,13). The van der Waals surface area contributed by atoms with Crippen LogP contribution in [0.1, 0.15) is 0 Å². The number of rotatable bonds is 3. The van der Waals surface area contributed by atoms with Crippen molar-refractivity contribution in [3.63, 3.8) is 0 Å². The summed E-state index contributed by atoms with van der Waals surface area (Å²) in [5, 5.41) is 10.6. The van der Waals surface area contributed by atoms with Gasteiger partial charge in [-0.15, -0.1) is 0 Å². The first-order valence-electron chi connectivity index (χ1n) is 4.66. The van der Waals surface area contributed by atoms with E-state index in [1.165, 1.54) is 30.5 Å². The van der Waals surface area contributed by atoms with Crippen LogP contribution in [0.2, 0.25) is 0 Å². The first kappa shape index (κ1) is 10.8. The Kier molecular flexibility index (Phi) is 2.82. The third-order valence-electron chi connectivity index (χ3n) is 1.90. The zero-order chi connectivity index (χ0) is 12.3. The number of hydrogen-bond acceptors (Lipinski definition) is 6. The third-order valence-corrected chi connectivity index (χ3v) is 1.90. The molecule has 1 aromatic heterocycles. The Balaban J connectivity index is 2.24. The molecule has 0 bridgehead atoms. The molecular weight excluding hydrogens is 224 g/mol. The Morgan fingerprint density at radius 3 is 2.88 bits per heavy atom. The quantitative estimate of drug-likeness (QED) is 0.638. The van der Waals surface area contributed by atoms with E-state index in [9.17, 15) is 10.1 Å². The molecule has 0 atom stereocenters. The van der Waals surface area contributed by atoms with Gasteiger partial charge in [-0.25, -0.2) is 4.98 Å². The van der Waals surface area contributed by atoms with E-state index >= 15 is 0 Å². The molecule has 2 aromatic rings. The number of nitro groups is 1. The van der Waals surface area contributed by atoms with Crippen molar-refractivity contribution in [3.05, 3.63) is 46.6 Å². The van der Waals surface area contributed by atoms with Crippen LogP contribution < -0.4 is 10.5 Å². The van der Waals surface area contributed by atoms with Crippen molar-refractivity contribution in [2.45, 2.75) is 0 Å². The second kappa shape index (κ2) is 4.44. The van der Waals surface area contributed by atoms with Gasteiger partial charge in [-0.1, -0.05) is 6.07 Å². The van der Waals surface area contributed by atoms with Crippen LogP contribution in [0.5, 0.6) is 11.6 Å². The second-order valence-corrected chi connectivity index (χ2v) is 3.11. The summed E-state index contributed by atoms with van der Waals surface area (Å²) in [5.41, 5.74) is 5.33. The lowest BCUT2D eigenvalue weighted by atomic mass is 10.3. The van der Waals surface area contributed by atoms with Gasteiger partial charge in [-0.2, -0.15) is 4.98 Å². The molecule has 0 spiro atoms. The van der Waals surface area contributed by atoms with Crippen LogP contribution in [-0.4, -0.2) is 14.9 Å². The van der Waals surface area contributed by atoms with Crippen molar-refractivity contribution < 1.29 is 9.66 Å². The molecule has 7 heteroatoms. The number of nitrogen functional groups attached to an aromatic ring is 1. The Morgan fingerprint density at radius 2 is 2.18 bits per heavy atom. The number of nitro benzene ring substituents is 1. The third kappa shape index (κ3) is 2.65. The zero-order valence-corrected chi connectivity index (χ0v) is 8.61. The molecule has 0 fully saturated rings. The van der Waals surface area contributed by atoms with E-state index in [-0.39, 0.29) is 17.5 Å². The Bertz CT molecular complexity index is 559. The summed E-state index contributed by atoms with van der Waals surface area (Å²) in [6.45, 7) is 0. The summed E-state index contributed by atoms with van der Waals surface area (Å²) >= 11 is 0. The molecule has 2 N–H and O–H groups in total. The van der Waals surface area contributed by atoms with E-state index in [1.54, 1.807) is 6.07 Å². The lowest BCUT2D eigenvalue weighted by Crippen LogP contribution is -1.96. The minimum atomic E-state index is -0.499. The lowest BCUT2D eigenvalue weighted by Gasteiger charge is -2.03. The fourth-order valence-electron chi connectivity index (χ4n) is 1.19. The zero-order valence-electron chi connectivity index (χ0n) is 8.61. The largest absolute Gasteiger partial charge is 0.439 e. The van der Waals surface area contributed by atoms with Crippen molar-refractivity contribution >= 4 is 11.6 Å². The van der Waals surface area contributed by atoms with Gasteiger partial charge in [0.1, 0.15) is 5.75 Å². The molecule has 0 amide bonds. The molecule has 7 nitrogen and oxygen atoms in total. The van der Waals surface area contributed by atoms with Crippen LogP contribution in [0.3, 0.4) is 0 Å². The van der Waals surface area contributed by atoms with Crippen molar-refractivity contribution in [1.82, 2.24) is 9.97 Å². The molecule has 0 saturated heterocycles. The Hall–Kier alpha value is -2.70. The van der Waals surface area contributed by atoms with Crippen molar-refractivity contribution in [2.24, 2.45) is 0 Å². The normalized spacial score (nSPS) is 9.88. The van der Waals surface area contributed by atoms with E-state index < -0.39 is 4.92 Å². The maximum Gasteiger partial charge on any atom is 0.273 e. The molecule has 0 aliphatic heterocycles. The van der Waals surface area contributed by atoms with Gasteiger partial charge in [0.05, 0.1) is 11.0 Å². The smallest absolute Gasteiger partial charge is 0.273 e. The number of anilines is 1. The minimum absolute atomic E-state index is 0.0514. The Morgan fingerprint density at radius 1 is 1.35 bits per heavy atom. The predicted octanol–water partition coefficient (Wildman–Crippen LogP) is 1.76. The highest BCUT2D eigenvalue weighted by Crippen LogP contribution is 2.23. The molecule has 86 valence electrons. The van der Waals surface area contributed by atoms with Gasteiger partial charge in [0, 0.05) is 18.3 Å². The SMILES string of the molecule is Nc1nccc(Oc2cccc([N+](=O)[O-])c2)n1. The maximum atomic E-state index is 10.6. The Labute approximate surface area is 96.0 Å². The highest BCUT2D eigenvalue weighted by molar-refractivity contribution is 5.39. The number of non-ortho nitro benzene ring substituents is 1. The first-order valence-corrected chi connectivity index (χ1v) is 4.66. The van der Waals surface area contributed by atoms with Gasteiger partial charge in [-0.05, 0) is 6.07 Å². The summed E-state index contributed by atoms with van der Waals surface area (Å²) in [4.78, 5) is 17.6. The van der Waals surface area contributed by atoms with E-state index in [4.69, 9.17) is 10.5 Å². The van der Waals surface area contributed by atoms with Crippen molar-refractivity contribution in [3.8, 4) is 11.6 Å². The fraction of sp³-hybridized carbons (Fsp3) is 0.